The summed E-state index contributed by atoms with van der Waals surface area (Å²) in [5.74, 6) is 0.283. The summed E-state index contributed by atoms with van der Waals surface area (Å²) in [6, 6.07) is 8.96. The van der Waals surface area contributed by atoms with Gasteiger partial charge in [-0.05, 0) is 24.1 Å². The van der Waals surface area contributed by atoms with Gasteiger partial charge in [-0.25, -0.2) is 0 Å². The molecule has 1 rings (SSSR count). The standard InChI is InChI=1S/C16H21N3O3/c1-3-14(11-20)18-10-13(8-17)16(21)19-9-12-4-6-15(22-2)7-5-12/h4-7,10,14,18,20H,3,9,11H2,1-2H3,(H,19,21)/b13-10-. The van der Waals surface area contributed by atoms with Crippen LogP contribution in [0.25, 0.3) is 0 Å². The average molecular weight is 303 g/mol. The van der Waals surface area contributed by atoms with Crippen LogP contribution in [0.1, 0.15) is 18.9 Å². The van der Waals surface area contributed by atoms with Crippen molar-refractivity contribution in [1.82, 2.24) is 10.6 Å². The molecule has 6 nitrogen and oxygen atoms in total. The molecule has 1 amide bonds. The Labute approximate surface area is 130 Å². The maximum Gasteiger partial charge on any atom is 0.263 e. The predicted molar refractivity (Wildman–Crippen MR) is 82.8 cm³/mol. The number of nitrogens with one attached hydrogen (secondary N) is 2. The van der Waals surface area contributed by atoms with E-state index >= 15 is 0 Å². The average Bonchev–Trinajstić information content (AvgIpc) is 2.57. The minimum absolute atomic E-state index is 0.0274. The Hall–Kier alpha value is -2.52. The van der Waals surface area contributed by atoms with E-state index in [0.717, 1.165) is 11.3 Å². The zero-order chi connectivity index (χ0) is 16.4. The van der Waals surface area contributed by atoms with E-state index in [0.29, 0.717) is 13.0 Å². The second kappa shape index (κ2) is 9.42. The third kappa shape index (κ3) is 5.46. The van der Waals surface area contributed by atoms with Gasteiger partial charge in [0.2, 0.25) is 0 Å². The fraction of sp³-hybridized carbons (Fsp3) is 0.375. The zero-order valence-corrected chi connectivity index (χ0v) is 12.8. The van der Waals surface area contributed by atoms with E-state index in [1.54, 1.807) is 19.2 Å². The summed E-state index contributed by atoms with van der Waals surface area (Å²) in [5, 5.41) is 23.6. The lowest BCUT2D eigenvalue weighted by Crippen LogP contribution is -2.30. The summed E-state index contributed by atoms with van der Waals surface area (Å²) in [6.45, 7) is 2.16. The highest BCUT2D eigenvalue weighted by Crippen LogP contribution is 2.11. The van der Waals surface area contributed by atoms with Crippen LogP contribution in [0.15, 0.2) is 36.0 Å². The van der Waals surface area contributed by atoms with Crippen LogP contribution in [0.3, 0.4) is 0 Å². The molecule has 0 aliphatic carbocycles. The molecule has 6 heteroatoms. The van der Waals surface area contributed by atoms with E-state index in [9.17, 15) is 4.79 Å². The Balaban J connectivity index is 2.57. The fourth-order valence-electron chi connectivity index (χ4n) is 1.67. The third-order valence-electron chi connectivity index (χ3n) is 3.15. The van der Waals surface area contributed by atoms with Gasteiger partial charge in [-0.2, -0.15) is 5.26 Å². The molecule has 3 N–H and O–H groups in total. The number of carbonyl (C=O) groups excluding carboxylic acids is 1. The van der Waals surface area contributed by atoms with E-state index in [1.807, 2.05) is 25.1 Å². The second-order valence-electron chi connectivity index (χ2n) is 4.65. The number of nitriles is 1. The first-order valence-electron chi connectivity index (χ1n) is 7.02. The second-order valence-corrected chi connectivity index (χ2v) is 4.65. The number of nitrogens with zero attached hydrogens (tertiary/aromatic N) is 1. The fourth-order valence-corrected chi connectivity index (χ4v) is 1.67. The molecule has 1 aromatic rings. The molecule has 0 aliphatic rings. The minimum Gasteiger partial charge on any atom is -0.497 e. The van der Waals surface area contributed by atoms with E-state index in [4.69, 9.17) is 15.1 Å². The molecule has 0 bridgehead atoms. The number of aliphatic hydroxyl groups is 1. The Morgan fingerprint density at radius 3 is 2.64 bits per heavy atom. The normalized spacial score (nSPS) is 12.2. The van der Waals surface area contributed by atoms with Crippen LogP contribution < -0.4 is 15.4 Å². The maximum atomic E-state index is 11.9. The first kappa shape index (κ1) is 17.5. The summed E-state index contributed by atoms with van der Waals surface area (Å²) in [5.41, 5.74) is 0.876. The van der Waals surface area contributed by atoms with E-state index in [1.165, 1.54) is 6.20 Å². The number of ether oxygens (including phenoxy) is 1. The molecule has 0 saturated heterocycles. The van der Waals surface area contributed by atoms with E-state index in [2.05, 4.69) is 10.6 Å². The number of amides is 1. The topological polar surface area (TPSA) is 94.4 Å². The van der Waals surface area contributed by atoms with E-state index < -0.39 is 5.91 Å². The molecule has 0 fully saturated rings. The quantitative estimate of drug-likeness (QED) is 0.493. The van der Waals surface area contributed by atoms with Gasteiger partial charge in [0, 0.05) is 18.8 Å². The summed E-state index contributed by atoms with van der Waals surface area (Å²) in [4.78, 5) is 11.9. The van der Waals surface area contributed by atoms with Crippen LogP contribution in [0, 0.1) is 11.3 Å². The number of hydrogen-bond donors (Lipinski definition) is 3. The van der Waals surface area contributed by atoms with Crippen LogP contribution >= 0.6 is 0 Å². The van der Waals surface area contributed by atoms with Gasteiger partial charge in [-0.3, -0.25) is 4.79 Å². The molecule has 22 heavy (non-hydrogen) atoms. The largest absolute Gasteiger partial charge is 0.497 e. The molecule has 1 unspecified atom stereocenters. The van der Waals surface area contributed by atoms with Gasteiger partial charge in [0.15, 0.2) is 0 Å². The molecule has 0 aliphatic heterocycles. The Kier molecular flexibility index (Phi) is 7.51. The number of methoxy groups -OCH3 is 1. The SMILES string of the molecule is CCC(CO)N/C=C(/C#N)C(=O)NCc1ccc(OC)cc1. The van der Waals surface area contributed by atoms with Crippen LogP contribution in [0.2, 0.25) is 0 Å². The van der Waals surface area contributed by atoms with Crippen molar-refractivity contribution in [2.75, 3.05) is 13.7 Å². The van der Waals surface area contributed by atoms with Crippen LogP contribution in [-0.2, 0) is 11.3 Å². The molecule has 1 atom stereocenters. The maximum absolute atomic E-state index is 11.9. The van der Waals surface area contributed by atoms with Crippen LogP contribution in [-0.4, -0.2) is 30.8 Å². The van der Waals surface area contributed by atoms with Gasteiger partial charge < -0.3 is 20.5 Å². The molecule has 0 spiro atoms. The van der Waals surface area contributed by atoms with Gasteiger partial charge in [0.25, 0.3) is 5.91 Å². The number of carbonyl (C=O) groups is 1. The third-order valence-corrected chi connectivity index (χ3v) is 3.15. The first-order valence-corrected chi connectivity index (χ1v) is 7.02. The van der Waals surface area contributed by atoms with E-state index in [-0.39, 0.29) is 18.2 Å². The van der Waals surface area contributed by atoms with Crippen molar-refractivity contribution in [2.45, 2.75) is 25.9 Å². The highest BCUT2D eigenvalue weighted by atomic mass is 16.5. The number of hydrogen-bond acceptors (Lipinski definition) is 5. The lowest BCUT2D eigenvalue weighted by Gasteiger charge is -2.12. The van der Waals surface area contributed by atoms with Crippen molar-refractivity contribution in [3.8, 4) is 11.8 Å². The molecular formula is C16H21N3O3. The molecule has 0 heterocycles. The molecular weight excluding hydrogens is 282 g/mol. The minimum atomic E-state index is -0.460. The van der Waals surface area contributed by atoms with Crippen molar-refractivity contribution in [2.24, 2.45) is 0 Å². The van der Waals surface area contributed by atoms with Gasteiger partial charge in [0.1, 0.15) is 17.4 Å². The Bertz CT molecular complexity index is 543. The van der Waals surface area contributed by atoms with Crippen molar-refractivity contribution in [3.63, 3.8) is 0 Å². The monoisotopic (exact) mass is 303 g/mol. The van der Waals surface area contributed by atoms with Gasteiger partial charge in [-0.1, -0.05) is 19.1 Å². The van der Waals surface area contributed by atoms with Gasteiger partial charge in [-0.15, -0.1) is 0 Å². The van der Waals surface area contributed by atoms with Crippen molar-refractivity contribution < 1.29 is 14.6 Å². The number of rotatable bonds is 8. The zero-order valence-electron chi connectivity index (χ0n) is 12.8. The molecule has 118 valence electrons. The molecule has 0 radical (unpaired) electrons. The molecule has 1 aromatic carbocycles. The number of aliphatic hydroxyl groups excluding tert-OH is 1. The summed E-state index contributed by atoms with van der Waals surface area (Å²) >= 11 is 0. The summed E-state index contributed by atoms with van der Waals surface area (Å²) < 4.78 is 5.06. The Morgan fingerprint density at radius 2 is 2.14 bits per heavy atom. The number of benzene rings is 1. The van der Waals surface area contributed by atoms with Gasteiger partial charge >= 0.3 is 0 Å². The van der Waals surface area contributed by atoms with Crippen LogP contribution in [0.4, 0.5) is 0 Å². The van der Waals surface area contributed by atoms with Crippen molar-refractivity contribution >= 4 is 5.91 Å². The smallest absolute Gasteiger partial charge is 0.263 e. The van der Waals surface area contributed by atoms with Crippen molar-refractivity contribution in [3.05, 3.63) is 41.6 Å². The highest BCUT2D eigenvalue weighted by molar-refractivity contribution is 5.97. The summed E-state index contributed by atoms with van der Waals surface area (Å²) in [7, 11) is 1.59. The lowest BCUT2D eigenvalue weighted by molar-refractivity contribution is -0.117. The Morgan fingerprint density at radius 1 is 1.45 bits per heavy atom. The van der Waals surface area contributed by atoms with Gasteiger partial charge in [0.05, 0.1) is 13.7 Å². The summed E-state index contributed by atoms with van der Waals surface area (Å²) in [6.07, 6.45) is 2.03. The first-order chi connectivity index (χ1) is 10.6. The predicted octanol–water partition coefficient (Wildman–Crippen LogP) is 1.08. The van der Waals surface area contributed by atoms with Crippen LogP contribution in [0.5, 0.6) is 5.75 Å². The highest BCUT2D eigenvalue weighted by Gasteiger charge is 2.09. The lowest BCUT2D eigenvalue weighted by atomic mass is 10.2. The molecule has 0 aromatic heterocycles. The molecule has 0 saturated carbocycles. The van der Waals surface area contributed by atoms with Crippen molar-refractivity contribution in [1.29, 1.82) is 5.26 Å².